The Balaban J connectivity index is 4.41. The minimum absolute atomic E-state index is 0.225. The van der Waals surface area contributed by atoms with Crippen LogP contribution in [0.4, 0.5) is 0 Å². The van der Waals surface area contributed by atoms with E-state index in [2.05, 4.69) is 53.8 Å². The zero-order valence-electron chi connectivity index (χ0n) is 12.2. The summed E-state index contributed by atoms with van der Waals surface area (Å²) in [7, 11) is -1.62. The molecule has 0 rings (SSSR count). The summed E-state index contributed by atoms with van der Waals surface area (Å²) < 4.78 is 0. The molecule has 0 aromatic rings. The molecule has 0 radical (unpaired) electrons. The van der Waals surface area contributed by atoms with Crippen molar-refractivity contribution in [2.75, 3.05) is 0 Å². The zero-order valence-corrected chi connectivity index (χ0v) is 13.2. The van der Waals surface area contributed by atoms with Crippen molar-refractivity contribution in [3.8, 4) is 0 Å². The number of hydrogen-bond donors (Lipinski definition) is 1. The molecule has 0 saturated carbocycles. The molecular formula is C14H30OSi. The standard InChI is InChI=1S/C14H30OSi/c1-8-12(2)10-9-11-13(15)16(6,7)14(3,4)5/h9,11-13,15H,8,10H2,1-7H3/b11-9-/t12?,13-/m1/s1. The molecule has 0 aromatic heterocycles. The molecule has 0 bridgehead atoms. The first-order valence-electron chi connectivity index (χ1n) is 6.47. The molecule has 2 atom stereocenters. The van der Waals surface area contributed by atoms with Crippen molar-refractivity contribution in [3.63, 3.8) is 0 Å². The smallest absolute Gasteiger partial charge is 0.0914 e. The first-order chi connectivity index (χ1) is 7.13. The average molecular weight is 242 g/mol. The molecule has 1 N–H and O–H groups in total. The Kier molecular flexibility index (Phi) is 5.98. The first kappa shape index (κ1) is 15.9. The first-order valence-corrected chi connectivity index (χ1v) is 9.55. The average Bonchev–Trinajstić information content (AvgIpc) is 2.15. The van der Waals surface area contributed by atoms with E-state index in [1.165, 1.54) is 6.42 Å². The van der Waals surface area contributed by atoms with Crippen molar-refractivity contribution in [3.05, 3.63) is 12.2 Å². The van der Waals surface area contributed by atoms with Crippen LogP contribution in [0.5, 0.6) is 0 Å². The molecule has 2 heteroatoms. The quantitative estimate of drug-likeness (QED) is 0.560. The van der Waals surface area contributed by atoms with Gasteiger partial charge in [-0.25, -0.2) is 0 Å². The molecule has 0 aliphatic heterocycles. The van der Waals surface area contributed by atoms with Gasteiger partial charge in [-0.15, -0.1) is 0 Å². The Bertz CT molecular complexity index is 225. The Morgan fingerprint density at radius 1 is 1.25 bits per heavy atom. The van der Waals surface area contributed by atoms with Gasteiger partial charge in [-0.05, 0) is 17.4 Å². The number of aliphatic hydroxyl groups is 1. The van der Waals surface area contributed by atoms with E-state index in [4.69, 9.17) is 0 Å². The van der Waals surface area contributed by atoms with Crippen molar-refractivity contribution < 1.29 is 5.11 Å². The number of hydrogen-bond acceptors (Lipinski definition) is 1. The van der Waals surface area contributed by atoms with Crippen LogP contribution >= 0.6 is 0 Å². The second-order valence-electron chi connectivity index (χ2n) is 6.59. The summed E-state index contributed by atoms with van der Waals surface area (Å²) in [5.41, 5.74) is -0.225. The van der Waals surface area contributed by atoms with Crippen LogP contribution in [0.15, 0.2) is 12.2 Å². The SMILES string of the molecule is CCC(C)C/C=C\[C@H](O)[Si](C)(C)C(C)(C)C. The van der Waals surface area contributed by atoms with E-state index >= 15 is 0 Å². The van der Waals surface area contributed by atoms with Gasteiger partial charge in [0.1, 0.15) is 0 Å². The third-order valence-electron chi connectivity index (χ3n) is 4.23. The molecule has 0 fully saturated rings. The molecule has 0 heterocycles. The highest BCUT2D eigenvalue weighted by Crippen LogP contribution is 2.38. The number of rotatable bonds is 5. The van der Waals surface area contributed by atoms with Gasteiger partial charge < -0.3 is 5.11 Å². The van der Waals surface area contributed by atoms with Crippen LogP contribution in [-0.4, -0.2) is 18.9 Å². The van der Waals surface area contributed by atoms with Gasteiger partial charge in [-0.1, -0.05) is 66.3 Å². The van der Waals surface area contributed by atoms with Crippen LogP contribution in [0.3, 0.4) is 0 Å². The van der Waals surface area contributed by atoms with Gasteiger partial charge in [0.2, 0.25) is 0 Å². The van der Waals surface area contributed by atoms with Gasteiger partial charge in [-0.3, -0.25) is 0 Å². The minimum Gasteiger partial charge on any atom is -0.393 e. The van der Waals surface area contributed by atoms with Crippen molar-refractivity contribution >= 4 is 8.07 Å². The highest BCUT2D eigenvalue weighted by atomic mass is 28.3. The highest BCUT2D eigenvalue weighted by molar-refractivity contribution is 6.81. The van der Waals surface area contributed by atoms with Crippen LogP contribution in [0.1, 0.15) is 47.5 Å². The summed E-state index contributed by atoms with van der Waals surface area (Å²) in [5.74, 6) is 0.725. The third kappa shape index (κ3) is 4.42. The maximum absolute atomic E-state index is 10.3. The number of allylic oxidation sites excluding steroid dienone is 1. The summed E-state index contributed by atoms with van der Waals surface area (Å²) in [5, 5.41) is 10.5. The predicted octanol–water partition coefficient (Wildman–Crippen LogP) is 4.39. The van der Waals surface area contributed by atoms with Crippen molar-refractivity contribution in [1.29, 1.82) is 0 Å². The lowest BCUT2D eigenvalue weighted by atomic mass is 10.1. The maximum Gasteiger partial charge on any atom is 0.0914 e. The topological polar surface area (TPSA) is 20.2 Å². The molecule has 0 spiro atoms. The van der Waals surface area contributed by atoms with Crippen molar-refractivity contribution in [1.82, 2.24) is 0 Å². The van der Waals surface area contributed by atoms with E-state index in [1.807, 2.05) is 6.08 Å². The molecule has 0 aliphatic carbocycles. The molecule has 16 heavy (non-hydrogen) atoms. The summed E-state index contributed by atoms with van der Waals surface area (Å²) in [6, 6.07) is 0. The van der Waals surface area contributed by atoms with E-state index in [0.29, 0.717) is 0 Å². The Labute approximate surface area is 103 Å². The van der Waals surface area contributed by atoms with E-state index in [-0.39, 0.29) is 10.8 Å². The van der Waals surface area contributed by atoms with Crippen LogP contribution in [0.2, 0.25) is 18.1 Å². The Morgan fingerprint density at radius 3 is 2.12 bits per heavy atom. The molecule has 0 aromatic carbocycles. The van der Waals surface area contributed by atoms with E-state index < -0.39 is 8.07 Å². The third-order valence-corrected chi connectivity index (χ3v) is 9.76. The highest BCUT2D eigenvalue weighted by Gasteiger charge is 2.40. The maximum atomic E-state index is 10.3. The van der Waals surface area contributed by atoms with Crippen LogP contribution in [-0.2, 0) is 0 Å². The van der Waals surface area contributed by atoms with Gasteiger partial charge >= 0.3 is 0 Å². The van der Waals surface area contributed by atoms with Crippen molar-refractivity contribution in [2.24, 2.45) is 5.92 Å². The lowest BCUT2D eigenvalue weighted by molar-refractivity contribution is 0.283. The van der Waals surface area contributed by atoms with Crippen LogP contribution in [0, 0.1) is 5.92 Å². The van der Waals surface area contributed by atoms with Gasteiger partial charge in [0.05, 0.1) is 13.8 Å². The molecule has 0 aliphatic rings. The van der Waals surface area contributed by atoms with Gasteiger partial charge in [0.15, 0.2) is 0 Å². The minimum atomic E-state index is -1.62. The van der Waals surface area contributed by atoms with Crippen molar-refractivity contribution in [2.45, 2.75) is 71.3 Å². The Hall–Kier alpha value is -0.0831. The summed E-state index contributed by atoms with van der Waals surface area (Å²) in [6.07, 6.45) is 6.49. The second kappa shape index (κ2) is 6.01. The van der Waals surface area contributed by atoms with Gasteiger partial charge in [0, 0.05) is 0 Å². The number of aliphatic hydroxyl groups excluding tert-OH is 1. The summed E-state index contributed by atoms with van der Waals surface area (Å²) in [4.78, 5) is 0. The van der Waals surface area contributed by atoms with Crippen LogP contribution < -0.4 is 0 Å². The molecule has 0 amide bonds. The fourth-order valence-corrected chi connectivity index (χ4v) is 2.80. The van der Waals surface area contributed by atoms with E-state index in [0.717, 1.165) is 12.3 Å². The van der Waals surface area contributed by atoms with E-state index in [1.54, 1.807) is 0 Å². The fourth-order valence-electron chi connectivity index (χ4n) is 1.29. The van der Waals surface area contributed by atoms with E-state index in [9.17, 15) is 5.11 Å². The second-order valence-corrected chi connectivity index (χ2v) is 12.1. The lowest BCUT2D eigenvalue weighted by Crippen LogP contribution is -2.48. The fraction of sp³-hybridized carbons (Fsp3) is 0.857. The Morgan fingerprint density at radius 2 is 1.75 bits per heavy atom. The molecule has 0 saturated heterocycles. The molecular weight excluding hydrogens is 212 g/mol. The van der Waals surface area contributed by atoms with Gasteiger partial charge in [0.25, 0.3) is 0 Å². The zero-order chi connectivity index (χ0) is 13.0. The monoisotopic (exact) mass is 242 g/mol. The lowest BCUT2D eigenvalue weighted by Gasteiger charge is -2.39. The summed E-state index contributed by atoms with van der Waals surface area (Å²) >= 11 is 0. The van der Waals surface area contributed by atoms with Gasteiger partial charge in [-0.2, -0.15) is 0 Å². The van der Waals surface area contributed by atoms with Crippen LogP contribution in [0.25, 0.3) is 0 Å². The summed E-state index contributed by atoms with van der Waals surface area (Å²) in [6.45, 7) is 15.7. The largest absolute Gasteiger partial charge is 0.393 e. The molecule has 96 valence electrons. The molecule has 1 unspecified atom stereocenters. The predicted molar refractivity (Wildman–Crippen MR) is 76.4 cm³/mol. The molecule has 1 nitrogen and oxygen atoms in total. The normalized spacial score (nSPS) is 17.8.